The average Bonchev–Trinajstić information content (AvgIpc) is 2.40. The van der Waals surface area contributed by atoms with Gasteiger partial charge < -0.3 is 15.4 Å². The smallest absolute Gasteiger partial charge is 0.260 e. The van der Waals surface area contributed by atoms with Gasteiger partial charge in [0.05, 0.1) is 0 Å². The first kappa shape index (κ1) is 17.5. The molecule has 0 aromatic heterocycles. The number of amides is 1. The van der Waals surface area contributed by atoms with E-state index in [0.717, 1.165) is 17.9 Å². The fourth-order valence-electron chi connectivity index (χ4n) is 2.18. The van der Waals surface area contributed by atoms with Crippen molar-refractivity contribution in [2.24, 2.45) is 0 Å². The Hall–Kier alpha value is -1.55. The summed E-state index contributed by atoms with van der Waals surface area (Å²) in [5.74, 6) is 0.674. The lowest BCUT2D eigenvalue weighted by Crippen LogP contribution is -2.40. The van der Waals surface area contributed by atoms with Crippen LogP contribution in [0, 0.1) is 6.92 Å². The second-order valence-electron chi connectivity index (χ2n) is 5.74. The van der Waals surface area contributed by atoms with Crippen LogP contribution in [0.1, 0.15) is 51.8 Å². The average molecular weight is 292 g/mol. The maximum absolute atomic E-state index is 12.0. The Balaban J connectivity index is 2.89. The highest BCUT2D eigenvalue weighted by molar-refractivity contribution is 5.81. The van der Waals surface area contributed by atoms with Gasteiger partial charge in [-0.3, -0.25) is 4.79 Å². The monoisotopic (exact) mass is 292 g/mol. The van der Waals surface area contributed by atoms with Gasteiger partial charge in [-0.2, -0.15) is 0 Å². The van der Waals surface area contributed by atoms with Crippen molar-refractivity contribution in [3.8, 4) is 5.75 Å². The summed E-state index contributed by atoms with van der Waals surface area (Å²) in [6.07, 6.45) is -0.511. The van der Waals surface area contributed by atoms with Crippen molar-refractivity contribution < 1.29 is 9.53 Å². The minimum atomic E-state index is -0.511. The summed E-state index contributed by atoms with van der Waals surface area (Å²) in [6.45, 7) is 12.8. The zero-order chi connectivity index (χ0) is 16.0. The van der Waals surface area contributed by atoms with Gasteiger partial charge in [0.25, 0.3) is 5.91 Å². The molecule has 0 aliphatic rings. The van der Waals surface area contributed by atoms with E-state index in [9.17, 15) is 4.79 Å². The number of hydrogen-bond acceptors (Lipinski definition) is 3. The molecule has 0 aliphatic carbocycles. The van der Waals surface area contributed by atoms with Crippen molar-refractivity contribution in [3.05, 3.63) is 29.3 Å². The molecule has 4 heteroatoms. The highest BCUT2D eigenvalue weighted by atomic mass is 16.5. The van der Waals surface area contributed by atoms with Crippen molar-refractivity contribution in [1.29, 1.82) is 0 Å². The zero-order valence-corrected chi connectivity index (χ0v) is 14.0. The van der Waals surface area contributed by atoms with Gasteiger partial charge in [-0.05, 0) is 47.2 Å². The van der Waals surface area contributed by atoms with Gasteiger partial charge in [-0.25, -0.2) is 0 Å². The Morgan fingerprint density at radius 2 is 1.90 bits per heavy atom. The van der Waals surface area contributed by atoms with Crippen LogP contribution < -0.4 is 15.4 Å². The van der Waals surface area contributed by atoms with Gasteiger partial charge in [0.1, 0.15) is 5.75 Å². The predicted octanol–water partition coefficient (Wildman–Crippen LogP) is 2.96. The molecular weight excluding hydrogens is 264 g/mol. The molecule has 0 heterocycles. The number of hydrogen-bond donors (Lipinski definition) is 2. The zero-order valence-electron chi connectivity index (χ0n) is 14.0. The van der Waals surface area contributed by atoms with Crippen LogP contribution in [0.25, 0.3) is 0 Å². The third-order valence-electron chi connectivity index (χ3n) is 3.25. The van der Waals surface area contributed by atoms with E-state index in [2.05, 4.69) is 37.5 Å². The molecule has 0 spiro atoms. The van der Waals surface area contributed by atoms with Gasteiger partial charge in [-0.1, -0.05) is 24.6 Å². The van der Waals surface area contributed by atoms with Crippen LogP contribution in [-0.2, 0) is 4.79 Å². The molecule has 2 unspecified atom stereocenters. The molecule has 0 saturated carbocycles. The molecule has 21 heavy (non-hydrogen) atoms. The molecule has 0 fully saturated rings. The molecule has 1 amide bonds. The highest BCUT2D eigenvalue weighted by Crippen LogP contribution is 2.27. The first-order valence-corrected chi connectivity index (χ1v) is 7.66. The number of ether oxygens (including phenoxy) is 1. The Morgan fingerprint density at radius 3 is 2.48 bits per heavy atom. The molecule has 4 nitrogen and oxygen atoms in total. The summed E-state index contributed by atoms with van der Waals surface area (Å²) < 4.78 is 5.88. The molecule has 1 rings (SSSR count). The van der Waals surface area contributed by atoms with Gasteiger partial charge in [0.2, 0.25) is 0 Å². The molecule has 1 aromatic carbocycles. The lowest BCUT2D eigenvalue weighted by atomic mass is 10.0. The maximum atomic E-state index is 12.0. The summed E-state index contributed by atoms with van der Waals surface area (Å²) in [4.78, 5) is 12.0. The Bertz CT molecular complexity index is 472. The van der Waals surface area contributed by atoms with Crippen molar-refractivity contribution in [2.45, 2.75) is 59.7 Å². The lowest BCUT2D eigenvalue weighted by Gasteiger charge is -2.22. The van der Waals surface area contributed by atoms with Gasteiger partial charge in [-0.15, -0.1) is 0 Å². The number of carbonyl (C=O) groups is 1. The molecule has 2 atom stereocenters. The van der Waals surface area contributed by atoms with Crippen LogP contribution in [-0.4, -0.2) is 24.6 Å². The van der Waals surface area contributed by atoms with Gasteiger partial charge in [0.15, 0.2) is 6.10 Å². The lowest BCUT2D eigenvalue weighted by molar-refractivity contribution is -0.127. The van der Waals surface area contributed by atoms with Crippen molar-refractivity contribution in [1.82, 2.24) is 10.6 Å². The third kappa shape index (κ3) is 5.38. The van der Waals surface area contributed by atoms with E-state index in [4.69, 9.17) is 4.74 Å². The molecule has 0 saturated heterocycles. The second-order valence-corrected chi connectivity index (χ2v) is 5.74. The molecule has 0 aliphatic heterocycles. The van der Waals surface area contributed by atoms with Crippen molar-refractivity contribution >= 4 is 5.91 Å². The summed E-state index contributed by atoms with van der Waals surface area (Å²) >= 11 is 0. The SMILES string of the molecule is CCNC(C)c1cc(C)ccc1OC(C)C(=O)NC(C)C. The van der Waals surface area contributed by atoms with Crippen LogP contribution in [0.5, 0.6) is 5.75 Å². The van der Waals surface area contributed by atoms with Crippen molar-refractivity contribution in [3.63, 3.8) is 0 Å². The van der Waals surface area contributed by atoms with Gasteiger partial charge >= 0.3 is 0 Å². The second kappa shape index (κ2) is 8.03. The molecule has 0 radical (unpaired) electrons. The van der Waals surface area contributed by atoms with Crippen LogP contribution in [0.15, 0.2) is 18.2 Å². The summed E-state index contributed by atoms with van der Waals surface area (Å²) in [6, 6.07) is 6.35. The Kier molecular flexibility index (Phi) is 6.69. The van der Waals surface area contributed by atoms with E-state index in [1.54, 1.807) is 6.92 Å². The largest absolute Gasteiger partial charge is 0.481 e. The summed E-state index contributed by atoms with van der Waals surface area (Å²) in [5, 5.41) is 6.25. The van der Waals surface area contributed by atoms with Crippen LogP contribution >= 0.6 is 0 Å². The fourth-order valence-corrected chi connectivity index (χ4v) is 2.18. The quantitative estimate of drug-likeness (QED) is 0.812. The fraction of sp³-hybridized carbons (Fsp3) is 0.588. The number of rotatable bonds is 7. The standard InChI is InChI=1S/C17H28N2O2/c1-7-18-13(5)15-10-12(4)8-9-16(15)21-14(6)17(20)19-11(2)3/h8-11,13-14,18H,7H2,1-6H3,(H,19,20). The summed E-state index contributed by atoms with van der Waals surface area (Å²) in [5.41, 5.74) is 2.27. The van der Waals surface area contributed by atoms with E-state index >= 15 is 0 Å². The molecule has 0 bridgehead atoms. The van der Waals surface area contributed by atoms with Crippen LogP contribution in [0.2, 0.25) is 0 Å². The maximum Gasteiger partial charge on any atom is 0.260 e. The minimum Gasteiger partial charge on any atom is -0.481 e. The highest BCUT2D eigenvalue weighted by Gasteiger charge is 2.18. The first-order valence-electron chi connectivity index (χ1n) is 7.66. The molecule has 118 valence electrons. The molecular formula is C17H28N2O2. The first-order chi connectivity index (χ1) is 9.85. The van der Waals surface area contributed by atoms with E-state index in [0.29, 0.717) is 0 Å². The van der Waals surface area contributed by atoms with E-state index < -0.39 is 6.10 Å². The van der Waals surface area contributed by atoms with Gasteiger partial charge in [0, 0.05) is 17.6 Å². The Morgan fingerprint density at radius 1 is 1.24 bits per heavy atom. The number of benzene rings is 1. The number of aryl methyl sites for hydroxylation is 1. The van der Waals surface area contributed by atoms with Crippen LogP contribution in [0.4, 0.5) is 0 Å². The topological polar surface area (TPSA) is 50.4 Å². The molecule has 2 N–H and O–H groups in total. The third-order valence-corrected chi connectivity index (χ3v) is 3.25. The normalized spacial score (nSPS) is 13.9. The predicted molar refractivity (Wildman–Crippen MR) is 86.6 cm³/mol. The van der Waals surface area contributed by atoms with E-state index in [1.165, 1.54) is 5.56 Å². The number of nitrogens with one attached hydrogen (secondary N) is 2. The molecule has 1 aromatic rings. The van der Waals surface area contributed by atoms with Crippen LogP contribution in [0.3, 0.4) is 0 Å². The number of carbonyl (C=O) groups excluding carboxylic acids is 1. The minimum absolute atomic E-state index is 0.0902. The van der Waals surface area contributed by atoms with Crippen molar-refractivity contribution in [2.75, 3.05) is 6.54 Å². The Labute approximate surface area is 128 Å². The summed E-state index contributed by atoms with van der Waals surface area (Å²) in [7, 11) is 0. The van der Waals surface area contributed by atoms with E-state index in [1.807, 2.05) is 26.0 Å². The van der Waals surface area contributed by atoms with E-state index in [-0.39, 0.29) is 18.0 Å².